The maximum atomic E-state index is 12.1. The molecule has 158 valence electrons. The van der Waals surface area contributed by atoms with E-state index in [1.807, 2.05) is 48.5 Å². The molecule has 2 rings (SSSR count). The number of carbonyl (C=O) groups excluding carboxylic acids is 1. The molecule has 0 fully saturated rings. The van der Waals surface area contributed by atoms with Crippen molar-refractivity contribution in [1.29, 1.82) is 0 Å². The number of rotatable bonds is 14. The number of anilines is 2. The fraction of sp³-hybridized carbons (Fsp3) is 0.458. The van der Waals surface area contributed by atoms with Crippen LogP contribution in [0.25, 0.3) is 0 Å². The topological polar surface area (TPSA) is 59.6 Å². The summed E-state index contributed by atoms with van der Waals surface area (Å²) in [6.07, 6.45) is 6.92. The van der Waals surface area contributed by atoms with Crippen molar-refractivity contribution in [2.75, 3.05) is 30.4 Å². The van der Waals surface area contributed by atoms with E-state index in [0.29, 0.717) is 0 Å². The van der Waals surface area contributed by atoms with Crippen LogP contribution in [0.1, 0.15) is 52.4 Å². The lowest BCUT2D eigenvalue weighted by molar-refractivity contribution is -0.114. The third kappa shape index (κ3) is 9.37. The molecule has 0 unspecified atom stereocenters. The highest BCUT2D eigenvalue weighted by Gasteiger charge is 2.03. The minimum absolute atomic E-state index is 0.0964. The van der Waals surface area contributed by atoms with E-state index in [1.165, 1.54) is 19.3 Å². The van der Waals surface area contributed by atoms with Crippen molar-refractivity contribution >= 4 is 17.3 Å². The van der Waals surface area contributed by atoms with Gasteiger partial charge in [-0.3, -0.25) is 4.79 Å². The Morgan fingerprint density at radius 3 is 1.86 bits per heavy atom. The van der Waals surface area contributed by atoms with Crippen LogP contribution in [0.15, 0.2) is 48.5 Å². The van der Waals surface area contributed by atoms with Crippen LogP contribution in [-0.2, 0) is 4.79 Å². The number of amides is 1. The fourth-order valence-electron chi connectivity index (χ4n) is 2.74. The third-order valence-electron chi connectivity index (χ3n) is 4.48. The van der Waals surface area contributed by atoms with Crippen molar-refractivity contribution in [2.24, 2.45) is 0 Å². The zero-order chi connectivity index (χ0) is 20.7. The van der Waals surface area contributed by atoms with E-state index in [0.717, 1.165) is 55.4 Å². The number of hydrogen-bond acceptors (Lipinski definition) is 4. The van der Waals surface area contributed by atoms with Gasteiger partial charge in [0.1, 0.15) is 11.5 Å². The Bertz CT molecular complexity index is 699. The molecule has 0 saturated carbocycles. The Morgan fingerprint density at radius 1 is 0.724 bits per heavy atom. The molecule has 5 heteroatoms. The molecule has 2 N–H and O–H groups in total. The molecule has 5 nitrogen and oxygen atoms in total. The summed E-state index contributed by atoms with van der Waals surface area (Å²) in [5.41, 5.74) is 1.64. The highest BCUT2D eigenvalue weighted by atomic mass is 16.5. The molecule has 0 aromatic heterocycles. The van der Waals surface area contributed by atoms with Crippen LogP contribution < -0.4 is 20.1 Å². The summed E-state index contributed by atoms with van der Waals surface area (Å²) in [6, 6.07) is 15.2. The Morgan fingerprint density at radius 2 is 1.28 bits per heavy atom. The zero-order valence-corrected chi connectivity index (χ0v) is 17.7. The minimum Gasteiger partial charge on any atom is -0.494 e. The van der Waals surface area contributed by atoms with E-state index in [-0.39, 0.29) is 12.5 Å². The number of unbranched alkanes of at least 4 members (excludes halogenated alkanes) is 4. The quantitative estimate of drug-likeness (QED) is 0.390. The lowest BCUT2D eigenvalue weighted by Gasteiger charge is -2.10. The third-order valence-corrected chi connectivity index (χ3v) is 4.48. The van der Waals surface area contributed by atoms with Gasteiger partial charge in [0.2, 0.25) is 5.91 Å². The van der Waals surface area contributed by atoms with Crippen LogP contribution in [0.5, 0.6) is 11.5 Å². The van der Waals surface area contributed by atoms with Gasteiger partial charge in [0, 0.05) is 11.4 Å². The summed E-state index contributed by atoms with van der Waals surface area (Å²) in [5, 5.41) is 6.01. The van der Waals surface area contributed by atoms with Crippen molar-refractivity contribution in [3.05, 3.63) is 48.5 Å². The van der Waals surface area contributed by atoms with E-state index >= 15 is 0 Å². The van der Waals surface area contributed by atoms with Crippen LogP contribution in [0.2, 0.25) is 0 Å². The second-order valence-electron chi connectivity index (χ2n) is 7.06. The first-order chi connectivity index (χ1) is 14.2. The molecule has 29 heavy (non-hydrogen) atoms. The average Bonchev–Trinajstić information content (AvgIpc) is 2.74. The molecule has 1 amide bonds. The number of benzene rings is 2. The van der Waals surface area contributed by atoms with Gasteiger partial charge in [0.25, 0.3) is 0 Å². The summed E-state index contributed by atoms with van der Waals surface area (Å²) in [6.45, 7) is 6.00. The van der Waals surface area contributed by atoms with E-state index in [2.05, 4.69) is 24.5 Å². The number of nitrogens with one attached hydrogen (secondary N) is 2. The minimum atomic E-state index is -0.0964. The number of carbonyl (C=O) groups is 1. The van der Waals surface area contributed by atoms with Crippen molar-refractivity contribution in [1.82, 2.24) is 0 Å². The van der Waals surface area contributed by atoms with Gasteiger partial charge in [-0.2, -0.15) is 0 Å². The second kappa shape index (κ2) is 13.5. The first-order valence-corrected chi connectivity index (χ1v) is 10.7. The lowest BCUT2D eigenvalue weighted by Crippen LogP contribution is -2.21. The molecule has 2 aromatic rings. The molecule has 0 bridgehead atoms. The molecule has 0 saturated heterocycles. The lowest BCUT2D eigenvalue weighted by atomic mass is 10.2. The fourth-order valence-corrected chi connectivity index (χ4v) is 2.74. The average molecular weight is 399 g/mol. The van der Waals surface area contributed by atoms with E-state index in [4.69, 9.17) is 9.47 Å². The largest absolute Gasteiger partial charge is 0.494 e. The highest BCUT2D eigenvalue weighted by Crippen LogP contribution is 2.17. The first kappa shape index (κ1) is 22.6. The molecule has 0 aliphatic rings. The van der Waals surface area contributed by atoms with Crippen LogP contribution in [0.3, 0.4) is 0 Å². The van der Waals surface area contributed by atoms with Crippen molar-refractivity contribution < 1.29 is 14.3 Å². The number of hydrogen-bond donors (Lipinski definition) is 2. The summed E-state index contributed by atoms with van der Waals surface area (Å²) in [4.78, 5) is 12.1. The normalized spacial score (nSPS) is 10.4. The van der Waals surface area contributed by atoms with Gasteiger partial charge in [0.05, 0.1) is 19.8 Å². The number of ether oxygens (including phenoxy) is 2. The van der Waals surface area contributed by atoms with Gasteiger partial charge in [-0.15, -0.1) is 0 Å². The molecular weight excluding hydrogens is 364 g/mol. The molecule has 0 aliphatic heterocycles. The van der Waals surface area contributed by atoms with Gasteiger partial charge in [-0.1, -0.05) is 39.5 Å². The summed E-state index contributed by atoms with van der Waals surface area (Å²) < 4.78 is 11.4. The zero-order valence-electron chi connectivity index (χ0n) is 17.7. The van der Waals surface area contributed by atoms with Crippen LogP contribution in [0, 0.1) is 0 Å². The van der Waals surface area contributed by atoms with Gasteiger partial charge >= 0.3 is 0 Å². The van der Waals surface area contributed by atoms with E-state index < -0.39 is 0 Å². The Kier molecular flexibility index (Phi) is 10.5. The van der Waals surface area contributed by atoms with Crippen molar-refractivity contribution in [3.63, 3.8) is 0 Å². The first-order valence-electron chi connectivity index (χ1n) is 10.7. The molecule has 0 aliphatic carbocycles. The Hall–Kier alpha value is -2.69. The molecule has 0 radical (unpaired) electrons. The predicted molar refractivity (Wildman–Crippen MR) is 120 cm³/mol. The standard InChI is InChI=1S/C24H34N2O3/c1-3-5-7-8-18-29-22-13-9-20(10-14-22)25-19-24(27)26-21-11-15-23(16-12-21)28-17-6-4-2/h9-16,25H,3-8,17-19H2,1-2H3,(H,26,27). The highest BCUT2D eigenvalue weighted by molar-refractivity contribution is 5.93. The maximum Gasteiger partial charge on any atom is 0.243 e. The van der Waals surface area contributed by atoms with Crippen molar-refractivity contribution in [2.45, 2.75) is 52.4 Å². The Balaban J connectivity index is 1.68. The summed E-state index contributed by atoms with van der Waals surface area (Å²) >= 11 is 0. The van der Waals surface area contributed by atoms with E-state index in [9.17, 15) is 4.79 Å². The monoisotopic (exact) mass is 398 g/mol. The SMILES string of the molecule is CCCCCCOc1ccc(NCC(=O)Nc2ccc(OCCCC)cc2)cc1. The van der Waals surface area contributed by atoms with Crippen molar-refractivity contribution in [3.8, 4) is 11.5 Å². The van der Waals surface area contributed by atoms with Crippen LogP contribution in [-0.4, -0.2) is 25.7 Å². The van der Waals surface area contributed by atoms with Gasteiger partial charge in [-0.25, -0.2) is 0 Å². The molecule has 0 spiro atoms. The smallest absolute Gasteiger partial charge is 0.243 e. The predicted octanol–water partition coefficient (Wildman–Crippen LogP) is 5.88. The second-order valence-corrected chi connectivity index (χ2v) is 7.06. The van der Waals surface area contributed by atoms with Crippen LogP contribution in [0.4, 0.5) is 11.4 Å². The summed E-state index contributed by atoms with van der Waals surface area (Å²) in [5.74, 6) is 1.58. The van der Waals surface area contributed by atoms with Gasteiger partial charge in [-0.05, 0) is 61.4 Å². The molecular formula is C24H34N2O3. The van der Waals surface area contributed by atoms with Gasteiger partial charge < -0.3 is 20.1 Å². The molecule has 0 atom stereocenters. The molecule has 0 heterocycles. The molecule has 2 aromatic carbocycles. The van der Waals surface area contributed by atoms with Crippen LogP contribution >= 0.6 is 0 Å². The Labute approximate surface area is 174 Å². The van der Waals surface area contributed by atoms with E-state index in [1.54, 1.807) is 0 Å². The maximum absolute atomic E-state index is 12.1. The van der Waals surface area contributed by atoms with Gasteiger partial charge in [0.15, 0.2) is 0 Å². The summed E-state index contributed by atoms with van der Waals surface area (Å²) in [7, 11) is 0.